The molecule has 0 atom stereocenters. The molecule has 3 aromatic rings. The van der Waals surface area contributed by atoms with Crippen LogP contribution in [0.5, 0.6) is 0 Å². The molecule has 3 rings (SSSR count). The maximum atomic E-state index is 12.9. The predicted molar refractivity (Wildman–Crippen MR) is 107 cm³/mol. The van der Waals surface area contributed by atoms with Gasteiger partial charge in [-0.25, -0.2) is 9.48 Å². The molecule has 0 saturated carbocycles. The van der Waals surface area contributed by atoms with Crippen molar-refractivity contribution in [1.82, 2.24) is 9.36 Å². The molecule has 0 radical (unpaired) electrons. The summed E-state index contributed by atoms with van der Waals surface area (Å²) in [6.07, 6.45) is 1.44. The molecule has 5 nitrogen and oxygen atoms in total. The van der Waals surface area contributed by atoms with Gasteiger partial charge in [0.05, 0.1) is 23.9 Å². The van der Waals surface area contributed by atoms with Gasteiger partial charge in [0.15, 0.2) is 0 Å². The van der Waals surface area contributed by atoms with E-state index < -0.39 is 11.5 Å². The van der Waals surface area contributed by atoms with Gasteiger partial charge in [-0.05, 0) is 36.8 Å². The third-order valence-corrected chi connectivity index (χ3v) is 4.79. The van der Waals surface area contributed by atoms with E-state index in [4.69, 9.17) is 39.5 Å². The van der Waals surface area contributed by atoms with E-state index in [1.807, 2.05) is 18.2 Å². The van der Waals surface area contributed by atoms with Crippen molar-refractivity contribution in [3.05, 3.63) is 85.2 Å². The van der Waals surface area contributed by atoms with E-state index in [1.54, 1.807) is 29.8 Å². The molecule has 0 aliphatic carbocycles. The molecule has 0 spiro atoms. The van der Waals surface area contributed by atoms with Crippen molar-refractivity contribution in [3.63, 3.8) is 0 Å². The van der Waals surface area contributed by atoms with Crippen molar-refractivity contribution in [3.8, 4) is 5.69 Å². The monoisotopic (exact) mass is 424 g/mol. The van der Waals surface area contributed by atoms with Crippen LogP contribution in [-0.4, -0.2) is 21.9 Å². The van der Waals surface area contributed by atoms with Gasteiger partial charge in [-0.15, -0.1) is 0 Å². The van der Waals surface area contributed by atoms with E-state index >= 15 is 0 Å². The fourth-order valence-corrected chi connectivity index (χ4v) is 3.34. The van der Waals surface area contributed by atoms with Crippen molar-refractivity contribution >= 4 is 40.8 Å². The fraction of sp³-hybridized carbons (Fsp3) is 0.158. The maximum absolute atomic E-state index is 12.9. The van der Waals surface area contributed by atoms with Crippen LogP contribution < -0.4 is 5.56 Å². The van der Waals surface area contributed by atoms with Crippen molar-refractivity contribution in [2.24, 2.45) is 0 Å². The Bertz CT molecular complexity index is 1060. The van der Waals surface area contributed by atoms with E-state index in [1.165, 1.54) is 16.9 Å². The maximum Gasteiger partial charge on any atom is 0.345 e. The smallest absolute Gasteiger partial charge is 0.345 e. The zero-order chi connectivity index (χ0) is 19.6. The standard InChI is InChI=1S/C19H15Cl3N2O3/c1-2-27-19(26)14-11-23(10-12-5-3-4-6-15(12)21)24(18(14)25)17-8-7-13(20)9-16(17)22/h3-9,11H,2,10H2,1H3. The lowest BCUT2D eigenvalue weighted by Crippen LogP contribution is -2.25. The second-order valence-corrected chi connectivity index (χ2v) is 6.92. The Morgan fingerprint density at radius 3 is 2.48 bits per heavy atom. The lowest BCUT2D eigenvalue weighted by atomic mass is 10.2. The van der Waals surface area contributed by atoms with Crippen LogP contribution in [-0.2, 0) is 11.3 Å². The van der Waals surface area contributed by atoms with E-state index in [2.05, 4.69) is 0 Å². The third kappa shape index (κ3) is 4.05. The summed E-state index contributed by atoms with van der Waals surface area (Å²) in [6, 6.07) is 12.0. The van der Waals surface area contributed by atoms with Gasteiger partial charge in [-0.1, -0.05) is 53.0 Å². The van der Waals surface area contributed by atoms with Gasteiger partial charge < -0.3 is 4.74 Å². The highest BCUT2D eigenvalue weighted by molar-refractivity contribution is 6.35. The van der Waals surface area contributed by atoms with E-state index in [0.717, 1.165) is 5.56 Å². The zero-order valence-corrected chi connectivity index (χ0v) is 16.6. The molecule has 0 N–H and O–H groups in total. The third-order valence-electron chi connectivity index (χ3n) is 3.88. The molecule has 8 heteroatoms. The first kappa shape index (κ1) is 19.5. The molecule has 27 heavy (non-hydrogen) atoms. The Hall–Kier alpha value is -2.21. The number of carbonyl (C=O) groups excluding carboxylic acids is 1. The van der Waals surface area contributed by atoms with Crippen molar-refractivity contribution in [2.75, 3.05) is 6.61 Å². The average Bonchev–Trinajstić information content (AvgIpc) is 2.94. The molecular formula is C19H15Cl3N2O3. The summed E-state index contributed by atoms with van der Waals surface area (Å²) in [7, 11) is 0. The topological polar surface area (TPSA) is 53.2 Å². The molecular weight excluding hydrogens is 411 g/mol. The lowest BCUT2D eigenvalue weighted by molar-refractivity contribution is 0.0524. The average molecular weight is 426 g/mol. The minimum absolute atomic E-state index is 0.0880. The van der Waals surface area contributed by atoms with Crippen LogP contribution in [0.4, 0.5) is 0 Å². The number of hydrogen-bond donors (Lipinski definition) is 0. The van der Waals surface area contributed by atoms with Crippen LogP contribution >= 0.6 is 34.8 Å². The number of benzene rings is 2. The molecule has 0 bridgehead atoms. The number of halogens is 3. The van der Waals surface area contributed by atoms with Gasteiger partial charge in [0.1, 0.15) is 5.56 Å². The van der Waals surface area contributed by atoms with Crippen molar-refractivity contribution < 1.29 is 9.53 Å². The Morgan fingerprint density at radius 1 is 1.07 bits per heavy atom. The Morgan fingerprint density at radius 2 is 1.81 bits per heavy atom. The summed E-state index contributed by atoms with van der Waals surface area (Å²) in [4.78, 5) is 25.1. The minimum atomic E-state index is -0.695. The molecule has 0 unspecified atom stereocenters. The van der Waals surface area contributed by atoms with Crippen LogP contribution in [0.1, 0.15) is 22.8 Å². The number of carbonyl (C=O) groups is 1. The first-order valence-electron chi connectivity index (χ1n) is 8.10. The summed E-state index contributed by atoms with van der Waals surface area (Å²) < 4.78 is 7.88. The normalized spacial score (nSPS) is 10.8. The van der Waals surface area contributed by atoms with Crippen molar-refractivity contribution in [1.29, 1.82) is 0 Å². The van der Waals surface area contributed by atoms with Crippen LogP contribution in [0.2, 0.25) is 15.1 Å². The Balaban J connectivity index is 2.19. The first-order valence-corrected chi connectivity index (χ1v) is 9.24. The second-order valence-electron chi connectivity index (χ2n) is 5.66. The van der Waals surface area contributed by atoms with Gasteiger partial charge >= 0.3 is 5.97 Å². The summed E-state index contributed by atoms with van der Waals surface area (Å²) in [5.74, 6) is -0.695. The van der Waals surface area contributed by atoms with E-state index in [0.29, 0.717) is 15.7 Å². The SMILES string of the molecule is CCOC(=O)c1cn(Cc2ccccc2Cl)n(-c2ccc(Cl)cc2Cl)c1=O. The highest BCUT2D eigenvalue weighted by atomic mass is 35.5. The number of nitrogens with zero attached hydrogens (tertiary/aromatic N) is 2. The second kappa shape index (κ2) is 8.21. The molecule has 1 aromatic heterocycles. The predicted octanol–water partition coefficient (Wildman–Crippen LogP) is 4.82. The first-order chi connectivity index (χ1) is 12.9. The number of esters is 1. The molecule has 0 fully saturated rings. The van der Waals surface area contributed by atoms with Gasteiger partial charge in [0.25, 0.3) is 5.56 Å². The summed E-state index contributed by atoms with van der Waals surface area (Å²) in [6.45, 7) is 2.09. The zero-order valence-electron chi connectivity index (χ0n) is 14.3. The largest absolute Gasteiger partial charge is 0.462 e. The lowest BCUT2D eigenvalue weighted by Gasteiger charge is -2.14. The van der Waals surface area contributed by atoms with Gasteiger partial charge in [0, 0.05) is 16.2 Å². The Labute approximate surface area is 170 Å². The molecule has 0 amide bonds. The van der Waals surface area contributed by atoms with Gasteiger partial charge in [-0.3, -0.25) is 9.48 Å². The molecule has 0 saturated heterocycles. The number of ether oxygens (including phenoxy) is 1. The van der Waals surface area contributed by atoms with Crippen LogP contribution in [0.25, 0.3) is 5.69 Å². The van der Waals surface area contributed by atoms with E-state index in [9.17, 15) is 9.59 Å². The summed E-state index contributed by atoms with van der Waals surface area (Å²) in [5.41, 5.74) is 0.553. The van der Waals surface area contributed by atoms with Crippen LogP contribution in [0.3, 0.4) is 0 Å². The van der Waals surface area contributed by atoms with Crippen LogP contribution in [0, 0.1) is 0 Å². The molecule has 0 aliphatic rings. The summed E-state index contributed by atoms with van der Waals surface area (Å²) >= 11 is 18.5. The van der Waals surface area contributed by atoms with Gasteiger partial charge in [0.2, 0.25) is 0 Å². The van der Waals surface area contributed by atoms with Gasteiger partial charge in [-0.2, -0.15) is 0 Å². The molecule has 2 aromatic carbocycles. The van der Waals surface area contributed by atoms with Crippen LogP contribution in [0.15, 0.2) is 53.5 Å². The fourth-order valence-electron chi connectivity index (χ4n) is 2.66. The minimum Gasteiger partial charge on any atom is -0.462 e. The highest BCUT2D eigenvalue weighted by Crippen LogP contribution is 2.25. The summed E-state index contributed by atoms with van der Waals surface area (Å²) in [5, 5.41) is 1.26. The highest BCUT2D eigenvalue weighted by Gasteiger charge is 2.21. The Kier molecular flexibility index (Phi) is 5.95. The number of aromatic nitrogens is 2. The molecule has 0 aliphatic heterocycles. The quantitative estimate of drug-likeness (QED) is 0.551. The molecule has 140 valence electrons. The number of rotatable bonds is 5. The number of hydrogen-bond acceptors (Lipinski definition) is 3. The molecule has 1 heterocycles. The van der Waals surface area contributed by atoms with Crippen molar-refractivity contribution in [2.45, 2.75) is 13.5 Å². The van der Waals surface area contributed by atoms with E-state index in [-0.39, 0.29) is 23.7 Å².